The van der Waals surface area contributed by atoms with Gasteiger partial charge in [-0.3, -0.25) is 0 Å². The summed E-state index contributed by atoms with van der Waals surface area (Å²) >= 11 is 0. The molecule has 0 saturated heterocycles. The van der Waals surface area contributed by atoms with Gasteiger partial charge in [-0.25, -0.2) is 0 Å². The molecule has 87 valence electrons. The molecule has 0 bridgehead atoms. The van der Waals surface area contributed by atoms with E-state index in [1.54, 1.807) is 0 Å². The quantitative estimate of drug-likeness (QED) is 0.654. The number of aryl methyl sites for hydroxylation is 1. The van der Waals surface area contributed by atoms with Crippen molar-refractivity contribution < 1.29 is 0 Å². The molecule has 0 unspecified atom stereocenters. The van der Waals surface area contributed by atoms with Gasteiger partial charge in [0.2, 0.25) is 0 Å². The van der Waals surface area contributed by atoms with Crippen LogP contribution in [0.5, 0.6) is 0 Å². The third-order valence-electron chi connectivity index (χ3n) is 3.09. The van der Waals surface area contributed by atoms with Crippen molar-refractivity contribution in [2.24, 2.45) is 0 Å². The van der Waals surface area contributed by atoms with E-state index in [0.29, 0.717) is 0 Å². The Bertz CT molecular complexity index is 501. The van der Waals surface area contributed by atoms with Gasteiger partial charge in [-0.1, -0.05) is 63.2 Å². The maximum atomic E-state index is 3.08. The molecular weight excluding hydrogens is 204 g/mol. The highest BCUT2D eigenvalue weighted by Gasteiger charge is 2.19. The van der Waals surface area contributed by atoms with Crippen molar-refractivity contribution in [2.45, 2.75) is 33.1 Å². The van der Waals surface area contributed by atoms with Gasteiger partial charge in [-0.15, -0.1) is 0 Å². The van der Waals surface area contributed by atoms with Crippen molar-refractivity contribution in [2.75, 3.05) is 0 Å². The fraction of sp³-hybridized carbons (Fsp3) is 0.294. The Morgan fingerprint density at radius 1 is 0.941 bits per heavy atom. The standard InChI is InChI=1S/C17H19/c1-13-9-8-12-15(17(2,3)4)16(13)14-10-6-5-7-11-14/h6-12H,1-4H3. The van der Waals surface area contributed by atoms with E-state index < -0.39 is 0 Å². The number of benzene rings is 2. The first-order chi connectivity index (χ1) is 8.00. The van der Waals surface area contributed by atoms with Gasteiger partial charge in [-0.2, -0.15) is 0 Å². The van der Waals surface area contributed by atoms with Crippen molar-refractivity contribution in [3.8, 4) is 11.1 Å². The molecule has 0 aliphatic rings. The average molecular weight is 223 g/mol. The summed E-state index contributed by atoms with van der Waals surface area (Å²) in [6.07, 6.45) is 0. The molecule has 0 atom stereocenters. The number of hydrogen-bond donors (Lipinski definition) is 0. The summed E-state index contributed by atoms with van der Waals surface area (Å²) in [6, 6.07) is 17.9. The lowest BCUT2D eigenvalue weighted by molar-refractivity contribution is 0.591. The molecule has 17 heavy (non-hydrogen) atoms. The van der Waals surface area contributed by atoms with E-state index >= 15 is 0 Å². The third kappa shape index (κ3) is 2.41. The monoisotopic (exact) mass is 223 g/mol. The Morgan fingerprint density at radius 2 is 1.59 bits per heavy atom. The normalized spacial score (nSPS) is 11.5. The minimum absolute atomic E-state index is 0.168. The van der Waals surface area contributed by atoms with E-state index in [1.807, 2.05) is 12.1 Å². The van der Waals surface area contributed by atoms with Gasteiger partial charge < -0.3 is 0 Å². The van der Waals surface area contributed by atoms with Crippen LogP contribution >= 0.6 is 0 Å². The molecular formula is C17H19. The first-order valence-corrected chi connectivity index (χ1v) is 6.07. The van der Waals surface area contributed by atoms with Crippen molar-refractivity contribution in [3.63, 3.8) is 0 Å². The fourth-order valence-corrected chi connectivity index (χ4v) is 2.23. The zero-order valence-corrected chi connectivity index (χ0v) is 11.0. The Kier molecular flexibility index (Phi) is 3.06. The lowest BCUT2D eigenvalue weighted by atomic mass is 9.80. The molecule has 1 radical (unpaired) electrons. The van der Waals surface area contributed by atoms with Crippen LogP contribution in [-0.4, -0.2) is 0 Å². The van der Waals surface area contributed by atoms with Crippen LogP contribution < -0.4 is 0 Å². The molecule has 0 amide bonds. The van der Waals surface area contributed by atoms with Crippen LogP contribution in [0.2, 0.25) is 0 Å². The lowest BCUT2D eigenvalue weighted by Crippen LogP contribution is -2.13. The van der Waals surface area contributed by atoms with Crippen LogP contribution in [0.4, 0.5) is 0 Å². The second kappa shape index (κ2) is 4.37. The molecule has 0 heteroatoms. The van der Waals surface area contributed by atoms with Gasteiger partial charge >= 0.3 is 0 Å². The van der Waals surface area contributed by atoms with Gasteiger partial charge in [0.15, 0.2) is 0 Å². The molecule has 2 aromatic carbocycles. The van der Waals surface area contributed by atoms with Crippen molar-refractivity contribution >= 4 is 0 Å². The SMILES string of the molecule is Cc1cccc(C(C)(C)C)c1-c1cc[c]cc1. The van der Waals surface area contributed by atoms with Crippen LogP contribution in [0.3, 0.4) is 0 Å². The molecule has 2 rings (SSSR count). The molecule has 0 N–H and O–H groups in total. The maximum absolute atomic E-state index is 3.08. The van der Waals surface area contributed by atoms with E-state index in [2.05, 4.69) is 64.1 Å². The average Bonchev–Trinajstić information content (AvgIpc) is 2.28. The second-order valence-electron chi connectivity index (χ2n) is 5.54. The molecule has 0 aliphatic carbocycles. The van der Waals surface area contributed by atoms with Gasteiger partial charge in [-0.05, 0) is 40.7 Å². The van der Waals surface area contributed by atoms with Crippen LogP contribution in [0.25, 0.3) is 11.1 Å². The van der Waals surface area contributed by atoms with Gasteiger partial charge in [0, 0.05) is 0 Å². The van der Waals surface area contributed by atoms with Crippen LogP contribution in [-0.2, 0) is 5.41 Å². The number of hydrogen-bond acceptors (Lipinski definition) is 0. The second-order valence-corrected chi connectivity index (χ2v) is 5.54. The van der Waals surface area contributed by atoms with Crippen LogP contribution in [0.1, 0.15) is 31.9 Å². The van der Waals surface area contributed by atoms with E-state index in [9.17, 15) is 0 Å². The predicted molar refractivity (Wildman–Crippen MR) is 74.2 cm³/mol. The van der Waals surface area contributed by atoms with Crippen molar-refractivity contribution in [1.29, 1.82) is 0 Å². The smallest absolute Gasteiger partial charge is 0.0117 e. The third-order valence-corrected chi connectivity index (χ3v) is 3.09. The van der Waals surface area contributed by atoms with E-state index in [1.165, 1.54) is 22.3 Å². The summed E-state index contributed by atoms with van der Waals surface area (Å²) in [6.45, 7) is 8.97. The molecule has 0 saturated carbocycles. The van der Waals surface area contributed by atoms with Crippen molar-refractivity contribution in [1.82, 2.24) is 0 Å². The highest BCUT2D eigenvalue weighted by atomic mass is 14.2. The minimum Gasteiger partial charge on any atom is -0.0617 e. The molecule has 0 aliphatic heterocycles. The summed E-state index contributed by atoms with van der Waals surface area (Å²) in [5, 5.41) is 0. The first-order valence-electron chi connectivity index (χ1n) is 6.07. The van der Waals surface area contributed by atoms with Crippen LogP contribution in [0.15, 0.2) is 42.5 Å². The van der Waals surface area contributed by atoms with E-state index in [0.717, 1.165) is 0 Å². The minimum atomic E-state index is 0.168. The molecule has 0 fully saturated rings. The zero-order valence-electron chi connectivity index (χ0n) is 11.0. The molecule has 0 aromatic heterocycles. The van der Waals surface area contributed by atoms with Crippen molar-refractivity contribution in [3.05, 3.63) is 59.7 Å². The molecule has 0 nitrogen and oxygen atoms in total. The van der Waals surface area contributed by atoms with Gasteiger partial charge in [0.1, 0.15) is 0 Å². The lowest BCUT2D eigenvalue weighted by Gasteiger charge is -2.24. The zero-order chi connectivity index (χ0) is 12.5. The van der Waals surface area contributed by atoms with Crippen LogP contribution in [0, 0.1) is 13.0 Å². The first kappa shape index (κ1) is 11.9. The molecule has 2 aromatic rings. The Labute approximate surface area is 104 Å². The largest absolute Gasteiger partial charge is 0.0617 e. The van der Waals surface area contributed by atoms with Gasteiger partial charge in [0.05, 0.1) is 0 Å². The Morgan fingerprint density at radius 3 is 2.18 bits per heavy atom. The summed E-state index contributed by atoms with van der Waals surface area (Å²) in [7, 11) is 0. The van der Waals surface area contributed by atoms with E-state index in [-0.39, 0.29) is 5.41 Å². The summed E-state index contributed by atoms with van der Waals surface area (Å²) in [5.41, 5.74) is 5.56. The summed E-state index contributed by atoms with van der Waals surface area (Å²) in [5.74, 6) is 0. The van der Waals surface area contributed by atoms with E-state index in [4.69, 9.17) is 0 Å². The van der Waals surface area contributed by atoms with Gasteiger partial charge in [0.25, 0.3) is 0 Å². The highest BCUT2D eigenvalue weighted by molar-refractivity contribution is 5.72. The predicted octanol–water partition coefficient (Wildman–Crippen LogP) is 4.76. The molecule has 0 heterocycles. The Hall–Kier alpha value is -1.56. The highest BCUT2D eigenvalue weighted by Crippen LogP contribution is 2.34. The summed E-state index contributed by atoms with van der Waals surface area (Å²) in [4.78, 5) is 0. The topological polar surface area (TPSA) is 0 Å². The number of rotatable bonds is 1. The maximum Gasteiger partial charge on any atom is -0.0117 e. The summed E-state index contributed by atoms with van der Waals surface area (Å²) < 4.78 is 0. The molecule has 0 spiro atoms. The fourth-order valence-electron chi connectivity index (χ4n) is 2.23. The Balaban J connectivity index is 2.69.